The number of hydrazine groups is 1. The van der Waals surface area contributed by atoms with Crippen LogP contribution in [0, 0.1) is 0 Å². The van der Waals surface area contributed by atoms with Gasteiger partial charge in [0.2, 0.25) is 17.8 Å². The standard InChI is InChI=1S/C11H11N3O3S/c1-2-10(15)13-14-11-12-6-3-7-8(17-5-16-7)4-9(6)18-11/h3-4H,2,5H2,1H3,(H,12,14)(H,13,15). The SMILES string of the molecule is CCC(=O)NNc1nc2cc3c(cc2s1)OCO3. The van der Waals surface area contributed by atoms with E-state index in [4.69, 9.17) is 9.47 Å². The van der Waals surface area contributed by atoms with Crippen LogP contribution in [0.4, 0.5) is 5.13 Å². The van der Waals surface area contributed by atoms with Gasteiger partial charge in [0.1, 0.15) is 0 Å². The summed E-state index contributed by atoms with van der Waals surface area (Å²) in [5, 5.41) is 0.635. The van der Waals surface area contributed by atoms with Crippen molar-refractivity contribution in [3.8, 4) is 11.5 Å². The molecule has 0 saturated carbocycles. The number of thiazole rings is 1. The number of carbonyl (C=O) groups excluding carboxylic acids is 1. The average Bonchev–Trinajstić information content (AvgIpc) is 2.97. The van der Waals surface area contributed by atoms with E-state index in [1.165, 1.54) is 11.3 Å². The number of hydrogen-bond acceptors (Lipinski definition) is 6. The Morgan fingerprint density at radius 2 is 2.22 bits per heavy atom. The van der Waals surface area contributed by atoms with Crippen LogP contribution in [0.15, 0.2) is 12.1 Å². The van der Waals surface area contributed by atoms with Gasteiger partial charge >= 0.3 is 0 Å². The molecule has 0 radical (unpaired) electrons. The maximum absolute atomic E-state index is 11.1. The third-order valence-electron chi connectivity index (χ3n) is 2.51. The fourth-order valence-corrected chi connectivity index (χ4v) is 2.41. The van der Waals surface area contributed by atoms with Gasteiger partial charge in [-0.15, -0.1) is 0 Å². The number of nitrogens with one attached hydrogen (secondary N) is 2. The summed E-state index contributed by atoms with van der Waals surface area (Å²) in [7, 11) is 0. The number of amides is 1. The topological polar surface area (TPSA) is 72.5 Å². The minimum Gasteiger partial charge on any atom is -0.454 e. The number of aromatic nitrogens is 1. The predicted octanol–water partition coefficient (Wildman–Crippen LogP) is 1.88. The Kier molecular flexibility index (Phi) is 2.67. The smallest absolute Gasteiger partial charge is 0.238 e. The van der Waals surface area contributed by atoms with E-state index in [0.29, 0.717) is 17.3 Å². The van der Waals surface area contributed by atoms with Crippen LogP contribution in [0.2, 0.25) is 0 Å². The highest BCUT2D eigenvalue weighted by Gasteiger charge is 2.16. The summed E-state index contributed by atoms with van der Waals surface area (Å²) in [6.45, 7) is 2.04. The number of nitrogens with zero attached hydrogens (tertiary/aromatic N) is 1. The molecule has 94 valence electrons. The van der Waals surface area contributed by atoms with Crippen molar-refractivity contribution in [2.24, 2.45) is 0 Å². The van der Waals surface area contributed by atoms with Crippen LogP contribution < -0.4 is 20.3 Å². The maximum Gasteiger partial charge on any atom is 0.238 e. The van der Waals surface area contributed by atoms with E-state index in [9.17, 15) is 4.79 Å². The van der Waals surface area contributed by atoms with Gasteiger partial charge in [0, 0.05) is 18.6 Å². The van der Waals surface area contributed by atoms with Crippen LogP contribution in [0.1, 0.15) is 13.3 Å². The number of ether oxygens (including phenoxy) is 2. The lowest BCUT2D eigenvalue weighted by atomic mass is 10.3. The zero-order valence-corrected chi connectivity index (χ0v) is 10.5. The minimum atomic E-state index is -0.0802. The van der Waals surface area contributed by atoms with Gasteiger partial charge in [-0.05, 0) is 0 Å². The maximum atomic E-state index is 11.1. The molecule has 0 saturated heterocycles. The fourth-order valence-electron chi connectivity index (χ4n) is 1.58. The second kappa shape index (κ2) is 4.34. The van der Waals surface area contributed by atoms with Crippen LogP contribution in [0.25, 0.3) is 10.2 Å². The number of anilines is 1. The molecule has 2 aromatic rings. The van der Waals surface area contributed by atoms with Crippen LogP contribution in [-0.4, -0.2) is 17.7 Å². The molecular weight excluding hydrogens is 254 g/mol. The minimum absolute atomic E-state index is 0.0802. The fraction of sp³-hybridized carbons (Fsp3) is 0.273. The first-order valence-electron chi connectivity index (χ1n) is 5.51. The zero-order chi connectivity index (χ0) is 12.5. The van der Waals surface area contributed by atoms with Crippen molar-refractivity contribution >= 4 is 32.6 Å². The Morgan fingerprint density at radius 1 is 1.44 bits per heavy atom. The lowest BCUT2D eigenvalue weighted by Crippen LogP contribution is -2.28. The quantitative estimate of drug-likeness (QED) is 0.829. The zero-order valence-electron chi connectivity index (χ0n) is 9.65. The molecule has 0 fully saturated rings. The number of hydrogen-bond donors (Lipinski definition) is 2. The number of carbonyl (C=O) groups is 1. The van der Waals surface area contributed by atoms with Crippen molar-refractivity contribution in [1.82, 2.24) is 10.4 Å². The molecular formula is C11H11N3O3S. The predicted molar refractivity (Wildman–Crippen MR) is 67.8 cm³/mol. The van der Waals surface area contributed by atoms with E-state index in [2.05, 4.69) is 15.8 Å². The highest BCUT2D eigenvalue weighted by Crippen LogP contribution is 2.38. The Bertz CT molecular complexity index is 570. The van der Waals surface area contributed by atoms with Crippen molar-refractivity contribution in [2.45, 2.75) is 13.3 Å². The van der Waals surface area contributed by atoms with Crippen LogP contribution in [0.3, 0.4) is 0 Å². The Morgan fingerprint density at radius 3 is 3.00 bits per heavy atom. The van der Waals surface area contributed by atoms with Gasteiger partial charge in [-0.3, -0.25) is 15.6 Å². The van der Waals surface area contributed by atoms with Crippen molar-refractivity contribution in [3.05, 3.63) is 12.1 Å². The van der Waals surface area contributed by atoms with Crippen LogP contribution >= 0.6 is 11.3 Å². The molecule has 18 heavy (non-hydrogen) atoms. The van der Waals surface area contributed by atoms with Gasteiger partial charge in [0.15, 0.2) is 11.5 Å². The summed E-state index contributed by atoms with van der Waals surface area (Å²) in [5.41, 5.74) is 6.17. The summed E-state index contributed by atoms with van der Waals surface area (Å²) in [6.07, 6.45) is 0.424. The molecule has 1 aliphatic rings. The van der Waals surface area contributed by atoms with Crippen molar-refractivity contribution in [3.63, 3.8) is 0 Å². The molecule has 1 aromatic carbocycles. The summed E-state index contributed by atoms with van der Waals surface area (Å²) in [4.78, 5) is 15.5. The molecule has 6 nitrogen and oxygen atoms in total. The van der Waals surface area contributed by atoms with E-state index in [1.807, 2.05) is 12.1 Å². The van der Waals surface area contributed by atoms with Gasteiger partial charge in [-0.2, -0.15) is 0 Å². The summed E-state index contributed by atoms with van der Waals surface area (Å²) < 4.78 is 11.6. The Labute approximate surface area is 107 Å². The molecule has 1 aliphatic heterocycles. The molecule has 1 amide bonds. The molecule has 2 N–H and O–H groups in total. The van der Waals surface area contributed by atoms with Gasteiger partial charge in [0.25, 0.3) is 0 Å². The molecule has 2 heterocycles. The van der Waals surface area contributed by atoms with E-state index < -0.39 is 0 Å². The van der Waals surface area contributed by atoms with Crippen molar-refractivity contribution in [1.29, 1.82) is 0 Å². The lowest BCUT2D eigenvalue weighted by Gasteiger charge is -2.01. The van der Waals surface area contributed by atoms with E-state index >= 15 is 0 Å². The third kappa shape index (κ3) is 1.92. The highest BCUT2D eigenvalue weighted by molar-refractivity contribution is 7.22. The molecule has 0 aliphatic carbocycles. The molecule has 7 heteroatoms. The molecule has 0 spiro atoms. The summed E-state index contributed by atoms with van der Waals surface area (Å²) >= 11 is 1.44. The Hall–Kier alpha value is -2.02. The van der Waals surface area contributed by atoms with E-state index in [-0.39, 0.29) is 12.7 Å². The number of rotatable bonds is 3. The summed E-state index contributed by atoms with van der Waals surface area (Å²) in [6, 6.07) is 3.73. The summed E-state index contributed by atoms with van der Waals surface area (Å²) in [5.74, 6) is 1.36. The van der Waals surface area contributed by atoms with Gasteiger partial charge < -0.3 is 9.47 Å². The molecule has 0 bridgehead atoms. The molecule has 0 unspecified atom stereocenters. The second-order valence-electron chi connectivity index (χ2n) is 3.72. The van der Waals surface area contributed by atoms with Crippen LogP contribution in [-0.2, 0) is 4.79 Å². The van der Waals surface area contributed by atoms with Crippen molar-refractivity contribution < 1.29 is 14.3 Å². The van der Waals surface area contributed by atoms with Crippen LogP contribution in [0.5, 0.6) is 11.5 Å². The Balaban J connectivity index is 1.85. The largest absolute Gasteiger partial charge is 0.454 e. The first kappa shape index (κ1) is 11.1. The molecule has 0 atom stereocenters. The van der Waals surface area contributed by atoms with Gasteiger partial charge in [-0.25, -0.2) is 4.98 Å². The molecule has 3 rings (SSSR count). The lowest BCUT2D eigenvalue weighted by molar-refractivity contribution is -0.120. The number of benzene rings is 1. The third-order valence-corrected chi connectivity index (χ3v) is 3.45. The molecule has 1 aromatic heterocycles. The highest BCUT2D eigenvalue weighted by atomic mass is 32.1. The normalized spacial score (nSPS) is 12.7. The monoisotopic (exact) mass is 265 g/mol. The van der Waals surface area contributed by atoms with E-state index in [0.717, 1.165) is 16.0 Å². The van der Waals surface area contributed by atoms with Crippen molar-refractivity contribution in [2.75, 3.05) is 12.2 Å². The van der Waals surface area contributed by atoms with Gasteiger partial charge in [-0.1, -0.05) is 18.3 Å². The van der Waals surface area contributed by atoms with E-state index in [1.54, 1.807) is 6.92 Å². The first-order chi connectivity index (χ1) is 8.76. The second-order valence-corrected chi connectivity index (χ2v) is 4.75. The average molecular weight is 265 g/mol. The first-order valence-corrected chi connectivity index (χ1v) is 6.33. The van der Waals surface area contributed by atoms with Gasteiger partial charge in [0.05, 0.1) is 10.2 Å². The number of fused-ring (bicyclic) bond motifs is 2.